The van der Waals surface area contributed by atoms with Gasteiger partial charge in [0, 0.05) is 19.3 Å². The van der Waals surface area contributed by atoms with Crippen molar-refractivity contribution in [2.24, 2.45) is 5.73 Å². The van der Waals surface area contributed by atoms with Crippen molar-refractivity contribution < 1.29 is 0 Å². The molecule has 0 aliphatic heterocycles. The number of benzene rings is 2. The van der Waals surface area contributed by atoms with Gasteiger partial charge < -0.3 is 10.6 Å². The zero-order valence-corrected chi connectivity index (χ0v) is 14.1. The van der Waals surface area contributed by atoms with Crippen molar-refractivity contribution in [3.05, 3.63) is 95.8 Å². The molecule has 120 valence electrons. The smallest absolute Gasteiger partial charge is 0.124 e. The van der Waals surface area contributed by atoms with E-state index in [1.807, 2.05) is 48.5 Å². The zero-order chi connectivity index (χ0) is 16.8. The predicted octanol–water partition coefficient (Wildman–Crippen LogP) is 3.92. The highest BCUT2D eigenvalue weighted by Crippen LogP contribution is 2.23. The SMILES string of the molecule is NC(=S)c1ncccc1N(Cc1ccccc1)Cc1ccccc1. The van der Waals surface area contributed by atoms with E-state index >= 15 is 0 Å². The van der Waals surface area contributed by atoms with Gasteiger partial charge in [0.05, 0.1) is 5.69 Å². The number of thiocarbonyl (C=S) groups is 1. The highest BCUT2D eigenvalue weighted by Gasteiger charge is 2.15. The molecule has 3 nitrogen and oxygen atoms in total. The molecular formula is C20H19N3S. The highest BCUT2D eigenvalue weighted by molar-refractivity contribution is 7.80. The minimum atomic E-state index is 0.316. The first-order valence-corrected chi connectivity index (χ1v) is 8.22. The Kier molecular flexibility index (Phi) is 5.18. The Morgan fingerprint density at radius 1 is 0.833 bits per heavy atom. The van der Waals surface area contributed by atoms with Crippen molar-refractivity contribution in [2.75, 3.05) is 4.90 Å². The summed E-state index contributed by atoms with van der Waals surface area (Å²) in [5.41, 5.74) is 9.96. The molecule has 1 aromatic heterocycles. The van der Waals surface area contributed by atoms with Crippen molar-refractivity contribution >= 4 is 22.9 Å². The summed E-state index contributed by atoms with van der Waals surface area (Å²) < 4.78 is 0. The van der Waals surface area contributed by atoms with Gasteiger partial charge in [0.1, 0.15) is 10.7 Å². The average Bonchev–Trinajstić information content (AvgIpc) is 2.63. The van der Waals surface area contributed by atoms with Crippen LogP contribution in [0.15, 0.2) is 79.0 Å². The van der Waals surface area contributed by atoms with E-state index in [4.69, 9.17) is 18.0 Å². The standard InChI is InChI=1S/C20H19N3S/c21-20(24)19-18(12-7-13-22-19)23(14-16-8-3-1-4-9-16)15-17-10-5-2-6-11-17/h1-13H,14-15H2,(H2,21,24). The Morgan fingerprint density at radius 2 is 1.38 bits per heavy atom. The van der Waals surface area contributed by atoms with Crippen LogP contribution in [-0.4, -0.2) is 9.97 Å². The summed E-state index contributed by atoms with van der Waals surface area (Å²) in [5, 5.41) is 0. The zero-order valence-electron chi connectivity index (χ0n) is 13.3. The van der Waals surface area contributed by atoms with Gasteiger partial charge in [-0.05, 0) is 23.3 Å². The van der Waals surface area contributed by atoms with E-state index in [2.05, 4.69) is 34.1 Å². The fraction of sp³-hybridized carbons (Fsp3) is 0.100. The van der Waals surface area contributed by atoms with Gasteiger partial charge in [-0.15, -0.1) is 0 Å². The molecule has 0 bridgehead atoms. The van der Waals surface area contributed by atoms with Gasteiger partial charge in [-0.2, -0.15) is 0 Å². The maximum atomic E-state index is 5.88. The molecular weight excluding hydrogens is 314 g/mol. The summed E-state index contributed by atoms with van der Waals surface area (Å²) in [6.07, 6.45) is 1.72. The summed E-state index contributed by atoms with van der Waals surface area (Å²) in [5.74, 6) is 0. The fourth-order valence-electron chi connectivity index (χ4n) is 2.68. The van der Waals surface area contributed by atoms with Gasteiger partial charge in [0.25, 0.3) is 0 Å². The predicted molar refractivity (Wildman–Crippen MR) is 103 cm³/mol. The second kappa shape index (κ2) is 7.70. The molecule has 2 aromatic carbocycles. The van der Waals surface area contributed by atoms with Crippen molar-refractivity contribution in [3.8, 4) is 0 Å². The minimum Gasteiger partial charge on any atom is -0.388 e. The average molecular weight is 333 g/mol. The van der Waals surface area contributed by atoms with Crippen LogP contribution in [0.25, 0.3) is 0 Å². The molecule has 0 unspecified atom stereocenters. The molecule has 2 N–H and O–H groups in total. The molecule has 0 saturated heterocycles. The van der Waals surface area contributed by atoms with Crippen LogP contribution in [-0.2, 0) is 13.1 Å². The first kappa shape index (κ1) is 16.1. The highest BCUT2D eigenvalue weighted by atomic mass is 32.1. The van der Waals surface area contributed by atoms with Crippen molar-refractivity contribution in [3.63, 3.8) is 0 Å². The number of nitrogens with zero attached hydrogens (tertiary/aromatic N) is 2. The van der Waals surface area contributed by atoms with Crippen molar-refractivity contribution in [1.29, 1.82) is 0 Å². The third-order valence-corrected chi connectivity index (χ3v) is 3.99. The van der Waals surface area contributed by atoms with Gasteiger partial charge in [-0.25, -0.2) is 0 Å². The van der Waals surface area contributed by atoms with Crippen LogP contribution in [0.2, 0.25) is 0 Å². The van der Waals surface area contributed by atoms with Gasteiger partial charge in [0.2, 0.25) is 0 Å². The molecule has 3 rings (SSSR count). The molecule has 4 heteroatoms. The Hall–Kier alpha value is -2.72. The Labute approximate surface area is 147 Å². The fourth-order valence-corrected chi connectivity index (χ4v) is 2.83. The Morgan fingerprint density at radius 3 is 1.88 bits per heavy atom. The molecule has 0 fully saturated rings. The Bertz CT molecular complexity index is 762. The van der Waals surface area contributed by atoms with Crippen LogP contribution in [0.5, 0.6) is 0 Å². The second-order valence-electron chi connectivity index (χ2n) is 5.56. The topological polar surface area (TPSA) is 42.1 Å². The maximum Gasteiger partial charge on any atom is 0.124 e. The van der Waals surface area contributed by atoms with E-state index in [0.29, 0.717) is 10.7 Å². The number of hydrogen-bond donors (Lipinski definition) is 1. The number of hydrogen-bond acceptors (Lipinski definition) is 3. The summed E-state index contributed by atoms with van der Waals surface area (Å²) in [6, 6.07) is 24.7. The van der Waals surface area contributed by atoms with Crippen molar-refractivity contribution in [1.82, 2.24) is 4.98 Å². The molecule has 0 amide bonds. The summed E-state index contributed by atoms with van der Waals surface area (Å²) in [7, 11) is 0. The lowest BCUT2D eigenvalue weighted by atomic mass is 10.1. The van der Waals surface area contributed by atoms with E-state index in [1.165, 1.54) is 11.1 Å². The monoisotopic (exact) mass is 333 g/mol. The van der Waals surface area contributed by atoms with E-state index in [9.17, 15) is 0 Å². The van der Waals surface area contributed by atoms with Crippen LogP contribution >= 0.6 is 12.2 Å². The molecule has 1 heterocycles. The van der Waals surface area contributed by atoms with Crippen LogP contribution in [0.4, 0.5) is 5.69 Å². The number of anilines is 1. The van der Waals surface area contributed by atoms with Gasteiger partial charge in [0.15, 0.2) is 0 Å². The summed E-state index contributed by atoms with van der Waals surface area (Å²) >= 11 is 5.19. The summed E-state index contributed by atoms with van der Waals surface area (Å²) in [4.78, 5) is 6.95. The molecule has 3 aromatic rings. The molecule has 0 aliphatic rings. The van der Waals surface area contributed by atoms with E-state index < -0.39 is 0 Å². The molecule has 0 atom stereocenters. The van der Waals surface area contributed by atoms with Crippen LogP contribution in [0.1, 0.15) is 16.8 Å². The number of rotatable bonds is 6. The molecule has 0 aliphatic carbocycles. The van der Waals surface area contributed by atoms with Gasteiger partial charge in [-0.3, -0.25) is 4.98 Å². The largest absolute Gasteiger partial charge is 0.388 e. The van der Waals surface area contributed by atoms with Gasteiger partial charge >= 0.3 is 0 Å². The maximum absolute atomic E-state index is 5.88. The molecule has 24 heavy (non-hydrogen) atoms. The molecule has 0 spiro atoms. The quantitative estimate of drug-likeness (QED) is 0.694. The lowest BCUT2D eigenvalue weighted by Gasteiger charge is -2.26. The molecule has 0 radical (unpaired) electrons. The minimum absolute atomic E-state index is 0.316. The van der Waals surface area contributed by atoms with Crippen LogP contribution in [0.3, 0.4) is 0 Å². The van der Waals surface area contributed by atoms with E-state index in [1.54, 1.807) is 6.20 Å². The third-order valence-electron chi connectivity index (χ3n) is 3.79. The first-order valence-electron chi connectivity index (χ1n) is 7.81. The van der Waals surface area contributed by atoms with Gasteiger partial charge in [-0.1, -0.05) is 72.9 Å². The van der Waals surface area contributed by atoms with Crippen LogP contribution in [0, 0.1) is 0 Å². The van der Waals surface area contributed by atoms with E-state index in [0.717, 1.165) is 18.8 Å². The normalized spacial score (nSPS) is 10.3. The number of nitrogens with two attached hydrogens (primary N) is 1. The summed E-state index contributed by atoms with van der Waals surface area (Å²) in [6.45, 7) is 1.52. The third kappa shape index (κ3) is 3.97. The lowest BCUT2D eigenvalue weighted by molar-refractivity contribution is 0.796. The second-order valence-corrected chi connectivity index (χ2v) is 6.00. The lowest BCUT2D eigenvalue weighted by Crippen LogP contribution is -2.26. The Balaban J connectivity index is 1.97. The number of pyridine rings is 1. The van der Waals surface area contributed by atoms with Crippen LogP contribution < -0.4 is 10.6 Å². The molecule has 0 saturated carbocycles. The van der Waals surface area contributed by atoms with Crippen molar-refractivity contribution in [2.45, 2.75) is 13.1 Å². The first-order chi connectivity index (χ1) is 11.7. The van der Waals surface area contributed by atoms with E-state index in [-0.39, 0.29) is 0 Å². The number of aromatic nitrogens is 1.